The second-order valence-corrected chi connectivity index (χ2v) is 4.36. The smallest absolute Gasteiger partial charge is 0.309 e. The van der Waals surface area contributed by atoms with Gasteiger partial charge in [0.25, 0.3) is 0 Å². The van der Waals surface area contributed by atoms with E-state index in [-0.39, 0.29) is 11.9 Å². The molecule has 0 aliphatic rings. The Labute approximate surface area is 72.8 Å². The first-order valence-corrected chi connectivity index (χ1v) is 5.64. The lowest BCUT2D eigenvalue weighted by Crippen LogP contribution is -2.06. The van der Waals surface area contributed by atoms with Crippen molar-refractivity contribution >= 4 is 13.4 Å². The van der Waals surface area contributed by atoms with Gasteiger partial charge in [-0.15, -0.1) is 0 Å². The molecule has 5 heteroatoms. The minimum Gasteiger partial charge on any atom is -0.309 e. The van der Waals surface area contributed by atoms with Crippen molar-refractivity contribution in [3.63, 3.8) is 0 Å². The molecule has 0 radical (unpaired) electrons. The van der Waals surface area contributed by atoms with E-state index in [9.17, 15) is 9.36 Å². The third-order valence-corrected chi connectivity index (χ3v) is 3.20. The van der Waals surface area contributed by atoms with E-state index in [1.807, 2.05) is 0 Å². The molecule has 0 aromatic rings. The van der Waals surface area contributed by atoms with Crippen molar-refractivity contribution in [2.45, 2.75) is 20.8 Å². The molecule has 0 aliphatic carbocycles. The fourth-order valence-electron chi connectivity index (χ4n) is 0.795. The van der Waals surface area contributed by atoms with E-state index in [0.29, 0.717) is 13.2 Å². The molecule has 0 aliphatic heterocycles. The van der Waals surface area contributed by atoms with Crippen LogP contribution in [0.25, 0.3) is 0 Å². The molecule has 0 saturated heterocycles. The van der Waals surface area contributed by atoms with E-state index in [1.54, 1.807) is 13.8 Å². The molecule has 0 fully saturated rings. The zero-order valence-electron chi connectivity index (χ0n) is 7.70. The average molecular weight is 197 g/mol. The summed E-state index contributed by atoms with van der Waals surface area (Å²) < 4.78 is 21.3. The van der Waals surface area contributed by atoms with Gasteiger partial charge in [0.1, 0.15) is 11.9 Å². The van der Waals surface area contributed by atoms with E-state index in [0.717, 1.165) is 0 Å². The normalized spacial score (nSPS) is 11.6. The Kier molecular flexibility index (Phi) is 5.38. The molecule has 0 N–H and O–H groups in total. The maximum atomic E-state index is 11.6. The summed E-state index contributed by atoms with van der Waals surface area (Å²) in [5.41, 5.74) is 0. The highest BCUT2D eigenvalue weighted by atomic mass is 31.2. The van der Waals surface area contributed by atoms with Crippen LogP contribution in [-0.2, 0) is 18.4 Å². The summed E-state index contributed by atoms with van der Waals surface area (Å²) in [5, 5.41) is 0. The van der Waals surface area contributed by atoms with Crippen LogP contribution in [0.4, 0.5) is 0 Å². The molecule has 0 saturated carbocycles. The summed E-state index contributed by atoms with van der Waals surface area (Å²) in [4.78, 5) is 10.7. The van der Waals surface area contributed by atoms with E-state index in [4.69, 9.17) is 9.05 Å². The van der Waals surface area contributed by atoms with Crippen LogP contribution >= 0.6 is 7.60 Å². The van der Waals surface area contributed by atoms with Gasteiger partial charge in [0.05, 0.1) is 13.2 Å². The van der Waals surface area contributed by atoms with Gasteiger partial charge in [-0.3, -0.25) is 9.36 Å². The van der Waals surface area contributed by atoms with Crippen molar-refractivity contribution in [2.75, 3.05) is 19.4 Å². The van der Waals surface area contributed by atoms with Crippen LogP contribution in [0.3, 0.4) is 0 Å². The van der Waals surface area contributed by atoms with Crippen molar-refractivity contribution < 1.29 is 18.4 Å². The Balaban J connectivity index is 4.18. The number of rotatable bonds is 6. The first-order chi connectivity index (χ1) is 5.54. The van der Waals surface area contributed by atoms with Crippen molar-refractivity contribution in [1.29, 1.82) is 0 Å². The van der Waals surface area contributed by atoms with Crippen LogP contribution in [0.2, 0.25) is 0 Å². The highest BCUT2D eigenvalue weighted by Gasteiger charge is 2.25. The van der Waals surface area contributed by atoms with Gasteiger partial charge in [0.2, 0.25) is 0 Å². The standard InChI is InChI=1S/C7H15O4P/c1-4-10-12(9,11-5-2)6-7(3)8/h4-6H2,1-3H3/i3+1,6+1,7+1. The summed E-state index contributed by atoms with van der Waals surface area (Å²) in [6.07, 6.45) is -0.130. The first-order valence-electron chi connectivity index (χ1n) is 3.91. The minimum atomic E-state index is -3.12. The lowest BCUT2D eigenvalue weighted by atomic mass is 10.9. The fraction of sp³-hybridized carbons (Fsp3) is 0.857. The number of Topliss-reactive ketones (excluding diaryl/α,β-unsaturated/α-hetero) is 1. The fourth-order valence-corrected chi connectivity index (χ4v) is 2.38. The number of ketones is 1. The summed E-state index contributed by atoms with van der Waals surface area (Å²) >= 11 is 0. The van der Waals surface area contributed by atoms with Crippen LogP contribution in [0.5, 0.6) is 0 Å². The van der Waals surface area contributed by atoms with Gasteiger partial charge < -0.3 is 9.05 Å². The average Bonchev–Trinajstić information content (AvgIpc) is 1.85. The summed E-state index contributed by atoms with van der Waals surface area (Å²) in [6.45, 7) is 5.39. The van der Waals surface area contributed by atoms with Crippen LogP contribution in [0, 0.1) is 0 Å². The topological polar surface area (TPSA) is 52.6 Å². The maximum absolute atomic E-state index is 11.6. The van der Waals surface area contributed by atoms with Gasteiger partial charge in [0, 0.05) is 0 Å². The highest BCUT2D eigenvalue weighted by molar-refractivity contribution is 7.54. The minimum absolute atomic E-state index is 0.130. The van der Waals surface area contributed by atoms with E-state index in [1.165, 1.54) is 6.92 Å². The van der Waals surface area contributed by atoms with Crippen LogP contribution in [-0.4, -0.2) is 25.2 Å². The monoisotopic (exact) mass is 197 g/mol. The molecule has 0 heterocycles. The first kappa shape index (κ1) is 11.8. The molecule has 0 rings (SSSR count). The number of hydrogen-bond donors (Lipinski definition) is 0. The Morgan fingerprint density at radius 1 is 1.25 bits per heavy atom. The Hall–Kier alpha value is -0.180. The lowest BCUT2D eigenvalue weighted by molar-refractivity contribution is -0.114. The molecule has 0 aromatic heterocycles. The van der Waals surface area contributed by atoms with Crippen molar-refractivity contribution in [3.8, 4) is 0 Å². The molecule has 0 unspecified atom stereocenters. The molecule has 4 nitrogen and oxygen atoms in total. The number of carbonyl (C=O) groups excluding carboxylic acids is 1. The van der Waals surface area contributed by atoms with Gasteiger partial charge in [-0.05, 0) is 20.8 Å². The van der Waals surface area contributed by atoms with E-state index < -0.39 is 7.60 Å². The molecule has 0 aromatic carbocycles. The number of hydrogen-bond acceptors (Lipinski definition) is 4. The molecular formula is C7H15O4P. The summed E-state index contributed by atoms with van der Waals surface area (Å²) in [5.74, 6) is -0.180. The third kappa shape index (κ3) is 4.65. The van der Waals surface area contributed by atoms with Crippen LogP contribution < -0.4 is 0 Å². The molecule has 72 valence electrons. The quantitative estimate of drug-likeness (QED) is 0.481. The SMILES string of the molecule is CCOP(=O)([13CH2][13C]([13CH3])=O)OCC. The van der Waals surface area contributed by atoms with Gasteiger partial charge in [0.15, 0.2) is 0 Å². The third-order valence-electron chi connectivity index (χ3n) is 1.07. The van der Waals surface area contributed by atoms with Gasteiger partial charge in [-0.25, -0.2) is 0 Å². The molecule has 0 amide bonds. The van der Waals surface area contributed by atoms with Gasteiger partial charge in [-0.2, -0.15) is 0 Å². The predicted octanol–water partition coefficient (Wildman–Crippen LogP) is 1.84. The Bertz CT molecular complexity index is 180. The summed E-state index contributed by atoms with van der Waals surface area (Å²) in [7, 11) is -3.12. The molecule has 0 bridgehead atoms. The maximum Gasteiger partial charge on any atom is 0.338 e. The van der Waals surface area contributed by atoms with Gasteiger partial charge in [-0.1, -0.05) is 0 Å². The molecule has 12 heavy (non-hydrogen) atoms. The largest absolute Gasteiger partial charge is 0.338 e. The highest BCUT2D eigenvalue weighted by Crippen LogP contribution is 2.47. The number of carbonyl (C=O) groups is 1. The zero-order chi connectivity index (χ0) is 9.61. The van der Waals surface area contributed by atoms with Crippen molar-refractivity contribution in [3.05, 3.63) is 0 Å². The lowest BCUT2D eigenvalue weighted by Gasteiger charge is -2.14. The predicted molar refractivity (Wildman–Crippen MR) is 46.4 cm³/mol. The Morgan fingerprint density at radius 3 is 1.92 bits per heavy atom. The van der Waals surface area contributed by atoms with Crippen LogP contribution in [0.1, 0.15) is 20.8 Å². The molecular weight excluding hydrogens is 182 g/mol. The van der Waals surface area contributed by atoms with Crippen molar-refractivity contribution in [1.82, 2.24) is 0 Å². The van der Waals surface area contributed by atoms with Crippen LogP contribution in [0.15, 0.2) is 0 Å². The van der Waals surface area contributed by atoms with E-state index in [2.05, 4.69) is 0 Å². The van der Waals surface area contributed by atoms with Crippen molar-refractivity contribution in [2.24, 2.45) is 0 Å². The zero-order valence-corrected chi connectivity index (χ0v) is 8.60. The Morgan fingerprint density at radius 2 is 1.67 bits per heavy atom. The second-order valence-electron chi connectivity index (χ2n) is 2.31. The van der Waals surface area contributed by atoms with Gasteiger partial charge >= 0.3 is 7.60 Å². The molecule has 0 spiro atoms. The van der Waals surface area contributed by atoms with E-state index >= 15 is 0 Å². The second kappa shape index (κ2) is 5.46. The summed E-state index contributed by atoms with van der Waals surface area (Å²) in [6, 6.07) is 0. The molecule has 0 atom stereocenters.